The molecule has 43 heavy (non-hydrogen) atoms. The van der Waals surface area contributed by atoms with Crippen LogP contribution in [-0.2, 0) is 9.59 Å². The number of ether oxygens (including phenoxy) is 1. The van der Waals surface area contributed by atoms with Crippen LogP contribution in [0.2, 0.25) is 0 Å². The largest absolute Gasteiger partial charge is 0.493 e. The second-order valence-electron chi connectivity index (χ2n) is 10.5. The minimum Gasteiger partial charge on any atom is -0.493 e. The van der Waals surface area contributed by atoms with Crippen LogP contribution in [0, 0.1) is 0 Å². The monoisotopic (exact) mass is 617 g/mol. The summed E-state index contributed by atoms with van der Waals surface area (Å²) in [6, 6.07) is 17.5. The number of rotatable bonds is 15. The van der Waals surface area contributed by atoms with E-state index in [0.29, 0.717) is 38.6 Å². The zero-order valence-corrected chi connectivity index (χ0v) is 25.8. The highest BCUT2D eigenvalue weighted by atomic mass is 32.2. The van der Waals surface area contributed by atoms with Gasteiger partial charge in [-0.15, -0.1) is 0 Å². The zero-order chi connectivity index (χ0) is 30.2. The molecule has 8 nitrogen and oxygen atoms in total. The lowest BCUT2D eigenvalue weighted by Crippen LogP contribution is -2.29. The number of thioether (sulfide) groups is 1. The number of aromatic nitrogens is 2. The van der Waals surface area contributed by atoms with E-state index in [1.165, 1.54) is 11.8 Å². The van der Waals surface area contributed by atoms with E-state index in [0.717, 1.165) is 68.0 Å². The molecule has 3 heterocycles. The molecule has 5 rings (SSSR count). The average molecular weight is 618 g/mol. The summed E-state index contributed by atoms with van der Waals surface area (Å²) < 4.78 is 14.1. The highest BCUT2D eigenvalue weighted by Gasteiger charge is 2.32. The van der Waals surface area contributed by atoms with Crippen molar-refractivity contribution in [3.63, 3.8) is 0 Å². The molecular weight excluding hydrogens is 583 g/mol. The Kier molecular flexibility index (Phi) is 10.3. The molecule has 4 aromatic rings. The number of carboxylic acid groups (broad SMARTS) is 1. The molecule has 0 unspecified atom stereocenters. The third kappa shape index (κ3) is 7.55. The van der Waals surface area contributed by atoms with E-state index >= 15 is 0 Å². The predicted molar refractivity (Wildman–Crippen MR) is 174 cm³/mol. The molecule has 1 amide bonds. The van der Waals surface area contributed by atoms with E-state index in [1.807, 2.05) is 66.9 Å². The minimum absolute atomic E-state index is 0.0851. The predicted octanol–water partition coefficient (Wildman–Crippen LogP) is 8.09. The van der Waals surface area contributed by atoms with Crippen molar-refractivity contribution in [1.82, 2.24) is 14.7 Å². The molecule has 1 aliphatic heterocycles. The van der Waals surface area contributed by atoms with Crippen LogP contribution in [0.25, 0.3) is 34.2 Å². The number of carbonyl (C=O) groups excluding carboxylic acids is 1. The molecule has 0 aliphatic carbocycles. The average Bonchev–Trinajstić information content (AvgIpc) is 3.70. The number of para-hydroxylation sites is 2. The number of carboxylic acids is 1. The fourth-order valence-electron chi connectivity index (χ4n) is 5.15. The molecular formula is C33H35N3O5S2. The van der Waals surface area contributed by atoms with Crippen LogP contribution in [0.4, 0.5) is 0 Å². The van der Waals surface area contributed by atoms with Gasteiger partial charge in [0.15, 0.2) is 17.1 Å². The van der Waals surface area contributed by atoms with E-state index in [4.69, 9.17) is 31.6 Å². The van der Waals surface area contributed by atoms with Crippen molar-refractivity contribution >= 4 is 57.2 Å². The highest BCUT2D eigenvalue weighted by molar-refractivity contribution is 8.26. The Morgan fingerprint density at radius 1 is 1.02 bits per heavy atom. The number of hydrogen-bond donors (Lipinski definition) is 1. The van der Waals surface area contributed by atoms with Crippen molar-refractivity contribution in [3.8, 4) is 22.9 Å². The molecule has 1 saturated heterocycles. The Labute approximate surface area is 260 Å². The first-order valence-corrected chi connectivity index (χ1v) is 15.9. The number of fused-ring (bicyclic) bond motifs is 1. The van der Waals surface area contributed by atoms with Crippen molar-refractivity contribution in [1.29, 1.82) is 0 Å². The number of thiocarbonyl (C=S) groups is 1. The molecule has 1 aliphatic rings. The Hall–Kier alpha value is -3.89. The summed E-state index contributed by atoms with van der Waals surface area (Å²) in [5.74, 6) is 0.417. The van der Waals surface area contributed by atoms with Gasteiger partial charge in [0.25, 0.3) is 5.91 Å². The maximum atomic E-state index is 13.4. The second-order valence-corrected chi connectivity index (χ2v) is 12.2. The van der Waals surface area contributed by atoms with Gasteiger partial charge in [-0.25, -0.2) is 4.68 Å². The molecule has 0 bridgehead atoms. The maximum Gasteiger partial charge on any atom is 0.303 e. The number of furan rings is 1. The van der Waals surface area contributed by atoms with E-state index in [2.05, 4.69) is 0 Å². The van der Waals surface area contributed by atoms with Gasteiger partial charge in [-0.05, 0) is 43.2 Å². The Bertz CT molecular complexity index is 1630. The molecule has 10 heteroatoms. The normalized spacial score (nSPS) is 14.3. The van der Waals surface area contributed by atoms with Crippen LogP contribution in [0.1, 0.15) is 63.4 Å². The third-order valence-corrected chi connectivity index (χ3v) is 8.78. The van der Waals surface area contributed by atoms with Gasteiger partial charge >= 0.3 is 5.97 Å². The van der Waals surface area contributed by atoms with Crippen molar-refractivity contribution in [2.75, 3.05) is 13.7 Å². The van der Waals surface area contributed by atoms with Crippen LogP contribution in [0.3, 0.4) is 0 Å². The van der Waals surface area contributed by atoms with Gasteiger partial charge in [-0.1, -0.05) is 92.8 Å². The summed E-state index contributed by atoms with van der Waals surface area (Å²) in [4.78, 5) is 26.3. The topological polar surface area (TPSA) is 97.8 Å². The van der Waals surface area contributed by atoms with Gasteiger partial charge in [0, 0.05) is 30.1 Å². The standard InChI is InChI=1S/C33H35N3O5S2/c1-40-26-17-13-14-23-20-27(41-31(23)26)30-24(22-36(34-30)25-15-9-8-10-16-25)21-28-32(39)35(33(42)43-28)19-12-7-5-3-2-4-6-11-18-29(37)38/h8-10,13-17,20-22H,2-7,11-12,18-19H2,1H3,(H,37,38)/b28-21-. The van der Waals surface area contributed by atoms with Crippen LogP contribution in [0.15, 0.2) is 70.1 Å². The zero-order valence-electron chi connectivity index (χ0n) is 24.2. The smallest absolute Gasteiger partial charge is 0.303 e. The molecule has 2 aromatic heterocycles. The number of unbranched alkanes of at least 4 members (excludes halogenated alkanes) is 7. The van der Waals surface area contributed by atoms with E-state index in [9.17, 15) is 9.59 Å². The second kappa shape index (κ2) is 14.5. The van der Waals surface area contributed by atoms with Crippen molar-refractivity contribution < 1.29 is 23.8 Å². The number of methoxy groups -OCH3 is 1. The number of aliphatic carboxylic acids is 1. The molecule has 2 aromatic carbocycles. The van der Waals surface area contributed by atoms with Crippen molar-refractivity contribution in [2.45, 2.75) is 57.8 Å². The Morgan fingerprint density at radius 3 is 2.47 bits per heavy atom. The van der Waals surface area contributed by atoms with Crippen molar-refractivity contribution in [2.24, 2.45) is 0 Å². The van der Waals surface area contributed by atoms with Crippen LogP contribution in [0.5, 0.6) is 5.75 Å². The van der Waals surface area contributed by atoms with Gasteiger partial charge in [0.05, 0.1) is 17.7 Å². The van der Waals surface area contributed by atoms with E-state index < -0.39 is 5.97 Å². The molecule has 1 fully saturated rings. The first kappa shape index (κ1) is 30.6. The summed E-state index contributed by atoms with van der Waals surface area (Å²) >= 11 is 6.92. The van der Waals surface area contributed by atoms with Gasteiger partial charge < -0.3 is 14.3 Å². The fourth-order valence-corrected chi connectivity index (χ4v) is 6.45. The number of benzene rings is 2. The van der Waals surface area contributed by atoms with E-state index in [1.54, 1.807) is 16.7 Å². The quantitative estimate of drug-likeness (QED) is 0.0812. The van der Waals surface area contributed by atoms with Crippen LogP contribution in [-0.4, -0.2) is 49.6 Å². The summed E-state index contributed by atoms with van der Waals surface area (Å²) in [6.45, 7) is 0.597. The summed E-state index contributed by atoms with van der Waals surface area (Å²) in [5.41, 5.74) is 2.91. The van der Waals surface area contributed by atoms with Crippen LogP contribution >= 0.6 is 24.0 Å². The van der Waals surface area contributed by atoms with Gasteiger partial charge in [-0.3, -0.25) is 14.5 Å². The Balaban J connectivity index is 1.27. The summed E-state index contributed by atoms with van der Waals surface area (Å²) in [6.07, 6.45) is 12.0. The summed E-state index contributed by atoms with van der Waals surface area (Å²) in [7, 11) is 1.61. The number of nitrogens with zero attached hydrogens (tertiary/aromatic N) is 3. The van der Waals surface area contributed by atoms with Gasteiger partial charge in [0.1, 0.15) is 10.0 Å². The number of carbonyl (C=O) groups is 2. The molecule has 0 saturated carbocycles. The van der Waals surface area contributed by atoms with E-state index in [-0.39, 0.29) is 12.3 Å². The Morgan fingerprint density at radius 2 is 1.74 bits per heavy atom. The lowest BCUT2D eigenvalue weighted by atomic mass is 10.1. The maximum absolute atomic E-state index is 13.4. The first-order valence-electron chi connectivity index (χ1n) is 14.6. The van der Waals surface area contributed by atoms with Gasteiger partial charge in [-0.2, -0.15) is 5.10 Å². The molecule has 1 N–H and O–H groups in total. The highest BCUT2D eigenvalue weighted by Crippen LogP contribution is 2.38. The number of hydrogen-bond acceptors (Lipinski definition) is 7. The lowest BCUT2D eigenvalue weighted by molar-refractivity contribution is -0.137. The summed E-state index contributed by atoms with van der Waals surface area (Å²) in [5, 5.41) is 14.5. The molecule has 0 spiro atoms. The molecule has 0 radical (unpaired) electrons. The van der Waals surface area contributed by atoms with Crippen molar-refractivity contribution in [3.05, 3.63) is 71.3 Å². The minimum atomic E-state index is -0.722. The lowest BCUT2D eigenvalue weighted by Gasteiger charge is -2.14. The molecule has 224 valence electrons. The fraction of sp³-hybridized carbons (Fsp3) is 0.333. The molecule has 0 atom stereocenters. The third-order valence-electron chi connectivity index (χ3n) is 7.41. The van der Waals surface area contributed by atoms with Crippen LogP contribution < -0.4 is 4.74 Å². The first-order chi connectivity index (χ1) is 20.9. The van der Waals surface area contributed by atoms with Gasteiger partial charge in [0.2, 0.25) is 0 Å². The SMILES string of the molecule is COc1cccc2cc(-c3nn(-c4ccccc4)cc3/C=C3\SC(=S)N(CCCCCCCCCCC(=O)O)C3=O)oc12. The number of amides is 1.